The molecule has 0 bridgehead atoms. The summed E-state index contributed by atoms with van der Waals surface area (Å²) in [4.78, 5) is 7.35. The number of rotatable bonds is 5. The minimum Gasteiger partial charge on any atom is -0.493 e. The fourth-order valence-corrected chi connectivity index (χ4v) is 4.22. The topological polar surface area (TPSA) is 66.7 Å². The molecule has 2 N–H and O–H groups in total. The van der Waals surface area contributed by atoms with Gasteiger partial charge in [-0.3, -0.25) is 9.67 Å². The molecule has 2 aliphatic rings. The van der Waals surface area contributed by atoms with Gasteiger partial charge in [0, 0.05) is 51.4 Å². The molecule has 1 fully saturated rings. The van der Waals surface area contributed by atoms with E-state index >= 15 is 0 Å². The second kappa shape index (κ2) is 10.9. The van der Waals surface area contributed by atoms with Gasteiger partial charge in [-0.2, -0.15) is 5.10 Å². The first kappa shape index (κ1) is 22.7. The molecule has 164 valence electrons. The Balaban J connectivity index is 0.00000256. The molecule has 2 atom stereocenters. The third-order valence-electron chi connectivity index (χ3n) is 5.72. The number of piperidine rings is 1. The van der Waals surface area contributed by atoms with Crippen LogP contribution in [0.2, 0.25) is 0 Å². The van der Waals surface area contributed by atoms with E-state index in [0.29, 0.717) is 12.0 Å². The van der Waals surface area contributed by atoms with E-state index in [1.165, 1.54) is 17.7 Å². The van der Waals surface area contributed by atoms with Crippen molar-refractivity contribution in [3.63, 3.8) is 0 Å². The summed E-state index contributed by atoms with van der Waals surface area (Å²) in [7, 11) is 1.97. The highest BCUT2D eigenvalue weighted by molar-refractivity contribution is 14.0. The predicted molar refractivity (Wildman–Crippen MR) is 132 cm³/mol. The van der Waals surface area contributed by atoms with Crippen LogP contribution in [0.25, 0.3) is 0 Å². The highest BCUT2D eigenvalue weighted by atomic mass is 127. The summed E-state index contributed by atoms with van der Waals surface area (Å²) in [6.07, 6.45) is 7.37. The lowest BCUT2D eigenvalue weighted by atomic mass is 9.93. The Kier molecular flexibility index (Phi) is 8.24. The fourth-order valence-electron chi connectivity index (χ4n) is 4.22. The molecule has 0 radical (unpaired) electrons. The number of aryl methyl sites for hydroxylation is 1. The molecule has 1 aromatic carbocycles. The van der Waals surface area contributed by atoms with E-state index in [1.54, 1.807) is 0 Å². The molecule has 3 heterocycles. The zero-order valence-corrected chi connectivity index (χ0v) is 20.2. The number of para-hydroxylation sites is 1. The van der Waals surface area contributed by atoms with Crippen LogP contribution in [0, 0.1) is 0 Å². The molecule has 0 aliphatic carbocycles. The van der Waals surface area contributed by atoms with Gasteiger partial charge in [-0.05, 0) is 37.8 Å². The van der Waals surface area contributed by atoms with Crippen LogP contribution in [0.15, 0.2) is 41.7 Å². The van der Waals surface area contributed by atoms with Gasteiger partial charge in [0.15, 0.2) is 5.96 Å². The smallest absolute Gasteiger partial charge is 0.191 e. The first-order chi connectivity index (χ1) is 14.2. The SMILES string of the molecule is CCNC(=NCC1CCOc2ccccc21)NC1CCCN(c2cnn(C)c2)C1.I. The van der Waals surface area contributed by atoms with E-state index in [9.17, 15) is 0 Å². The number of aromatic nitrogens is 2. The van der Waals surface area contributed by atoms with Crippen molar-refractivity contribution >= 4 is 35.6 Å². The third-order valence-corrected chi connectivity index (χ3v) is 5.72. The Bertz CT molecular complexity index is 839. The molecular formula is C22H33IN6O. The minimum atomic E-state index is 0. The van der Waals surface area contributed by atoms with Crippen LogP contribution in [0.1, 0.15) is 37.7 Å². The maximum Gasteiger partial charge on any atom is 0.191 e. The number of nitrogens with zero attached hydrogens (tertiary/aromatic N) is 4. The van der Waals surface area contributed by atoms with Crippen molar-refractivity contribution in [2.75, 3.05) is 37.7 Å². The second-order valence-corrected chi connectivity index (χ2v) is 7.89. The van der Waals surface area contributed by atoms with Crippen LogP contribution in [-0.4, -0.2) is 54.6 Å². The molecule has 0 amide bonds. The number of aliphatic imine (C=N–C) groups is 1. The average Bonchev–Trinajstić information content (AvgIpc) is 3.19. The minimum absolute atomic E-state index is 0. The van der Waals surface area contributed by atoms with Crippen molar-refractivity contribution in [3.8, 4) is 5.75 Å². The summed E-state index contributed by atoms with van der Waals surface area (Å²) >= 11 is 0. The maximum atomic E-state index is 5.79. The monoisotopic (exact) mass is 524 g/mol. The Hall–Kier alpha value is -1.97. The largest absolute Gasteiger partial charge is 0.493 e. The number of nitrogens with one attached hydrogen (secondary N) is 2. The number of guanidine groups is 1. The van der Waals surface area contributed by atoms with Crippen LogP contribution in [-0.2, 0) is 7.05 Å². The van der Waals surface area contributed by atoms with Crippen molar-refractivity contribution < 1.29 is 4.74 Å². The van der Waals surface area contributed by atoms with Crippen LogP contribution < -0.4 is 20.3 Å². The lowest BCUT2D eigenvalue weighted by Crippen LogP contribution is -2.51. The maximum absolute atomic E-state index is 5.79. The van der Waals surface area contributed by atoms with E-state index in [0.717, 1.165) is 57.3 Å². The van der Waals surface area contributed by atoms with Crippen LogP contribution in [0.4, 0.5) is 5.69 Å². The predicted octanol–water partition coefficient (Wildman–Crippen LogP) is 3.13. The summed E-state index contributed by atoms with van der Waals surface area (Å²) in [6, 6.07) is 8.73. The van der Waals surface area contributed by atoms with Crippen molar-refractivity contribution in [2.24, 2.45) is 12.0 Å². The molecular weight excluding hydrogens is 491 g/mol. The van der Waals surface area contributed by atoms with Crippen LogP contribution in [0.3, 0.4) is 0 Å². The van der Waals surface area contributed by atoms with E-state index in [4.69, 9.17) is 9.73 Å². The number of halogens is 1. The number of ether oxygens (including phenoxy) is 1. The van der Waals surface area contributed by atoms with Crippen LogP contribution >= 0.6 is 24.0 Å². The molecule has 1 saturated heterocycles. The van der Waals surface area contributed by atoms with E-state index in [-0.39, 0.29) is 24.0 Å². The molecule has 0 saturated carbocycles. The van der Waals surface area contributed by atoms with Crippen molar-refractivity contribution in [1.29, 1.82) is 0 Å². The van der Waals surface area contributed by atoms with Gasteiger partial charge in [0.25, 0.3) is 0 Å². The van der Waals surface area contributed by atoms with E-state index < -0.39 is 0 Å². The fraction of sp³-hybridized carbons (Fsp3) is 0.545. The number of anilines is 1. The van der Waals surface area contributed by atoms with Crippen molar-refractivity contribution in [2.45, 2.75) is 38.1 Å². The highest BCUT2D eigenvalue weighted by Crippen LogP contribution is 2.33. The molecule has 30 heavy (non-hydrogen) atoms. The summed E-state index contributed by atoms with van der Waals surface area (Å²) < 4.78 is 7.66. The Morgan fingerprint density at radius 1 is 1.30 bits per heavy atom. The Morgan fingerprint density at radius 3 is 2.97 bits per heavy atom. The molecule has 7 nitrogen and oxygen atoms in total. The molecule has 8 heteroatoms. The first-order valence-corrected chi connectivity index (χ1v) is 10.7. The Morgan fingerprint density at radius 2 is 2.17 bits per heavy atom. The van der Waals surface area contributed by atoms with Gasteiger partial charge in [0.1, 0.15) is 5.75 Å². The van der Waals surface area contributed by atoms with Crippen molar-refractivity contribution in [3.05, 3.63) is 42.2 Å². The molecule has 0 spiro atoms. The van der Waals surface area contributed by atoms with Gasteiger partial charge < -0.3 is 20.3 Å². The lowest BCUT2D eigenvalue weighted by Gasteiger charge is -2.34. The summed E-state index contributed by atoms with van der Waals surface area (Å²) in [6.45, 7) is 6.56. The molecule has 2 aromatic rings. The number of hydrogen-bond donors (Lipinski definition) is 2. The van der Waals surface area contributed by atoms with Gasteiger partial charge in [-0.1, -0.05) is 18.2 Å². The van der Waals surface area contributed by atoms with Gasteiger partial charge in [-0.15, -0.1) is 24.0 Å². The number of hydrogen-bond acceptors (Lipinski definition) is 4. The highest BCUT2D eigenvalue weighted by Gasteiger charge is 2.23. The lowest BCUT2D eigenvalue weighted by molar-refractivity contribution is 0.269. The number of fused-ring (bicyclic) bond motifs is 1. The molecule has 2 aliphatic heterocycles. The quantitative estimate of drug-likeness (QED) is 0.358. The zero-order valence-electron chi connectivity index (χ0n) is 17.9. The third kappa shape index (κ3) is 5.59. The summed E-state index contributed by atoms with van der Waals surface area (Å²) in [5.41, 5.74) is 2.47. The average molecular weight is 524 g/mol. The standard InChI is InChI=1S/C22H32N6O.HI/c1-3-23-22(24-13-17-10-12-29-21-9-5-4-8-20(17)21)26-18-7-6-11-28(15-18)19-14-25-27(2)16-19;/h4-5,8-9,14,16-18H,3,6-7,10-13,15H2,1-2H3,(H2,23,24,26);1H. The summed E-state index contributed by atoms with van der Waals surface area (Å²) in [5.74, 6) is 2.33. The second-order valence-electron chi connectivity index (χ2n) is 7.89. The first-order valence-electron chi connectivity index (χ1n) is 10.7. The summed E-state index contributed by atoms with van der Waals surface area (Å²) in [5, 5.41) is 11.4. The van der Waals surface area contributed by atoms with Gasteiger partial charge in [0.05, 0.1) is 18.5 Å². The zero-order chi connectivity index (χ0) is 20.1. The number of benzene rings is 1. The normalized spacial score (nSPS) is 21.3. The van der Waals surface area contributed by atoms with Crippen LogP contribution in [0.5, 0.6) is 5.75 Å². The van der Waals surface area contributed by atoms with Gasteiger partial charge in [0.2, 0.25) is 0 Å². The van der Waals surface area contributed by atoms with Gasteiger partial charge in [-0.25, -0.2) is 0 Å². The molecule has 1 aromatic heterocycles. The molecule has 4 rings (SSSR count). The van der Waals surface area contributed by atoms with Gasteiger partial charge >= 0.3 is 0 Å². The van der Waals surface area contributed by atoms with Crippen molar-refractivity contribution in [1.82, 2.24) is 20.4 Å². The van der Waals surface area contributed by atoms with E-state index in [1.807, 2.05) is 24.0 Å². The molecule has 2 unspecified atom stereocenters. The van der Waals surface area contributed by atoms with E-state index in [2.05, 4.69) is 52.0 Å². The Labute approximate surface area is 196 Å².